The molecule has 3 amide bonds. The molecule has 0 aliphatic rings. The summed E-state index contributed by atoms with van der Waals surface area (Å²) in [6.45, 7) is 2.25. The lowest BCUT2D eigenvalue weighted by atomic mass is 10.1. The zero-order valence-corrected chi connectivity index (χ0v) is 15.8. The van der Waals surface area contributed by atoms with Gasteiger partial charge in [0.15, 0.2) is 5.96 Å². The summed E-state index contributed by atoms with van der Waals surface area (Å²) in [5.41, 5.74) is 16.1. The third-order valence-corrected chi connectivity index (χ3v) is 3.61. The third kappa shape index (κ3) is 9.68. The van der Waals surface area contributed by atoms with Crippen LogP contribution in [0.4, 0.5) is 0 Å². The fourth-order valence-electron chi connectivity index (χ4n) is 1.92. The fraction of sp³-hybridized carbons (Fsp3) is 0.667. The Morgan fingerprint density at radius 2 is 1.46 bits per heavy atom. The number of nitrogens with two attached hydrogens (primary N) is 3. The molecule has 13 heteroatoms. The molecule has 0 aromatic heterocycles. The van der Waals surface area contributed by atoms with Gasteiger partial charge >= 0.3 is 5.97 Å². The molecule has 0 aromatic carbocycles. The summed E-state index contributed by atoms with van der Waals surface area (Å²) >= 11 is 0. The number of guanidine groups is 1. The van der Waals surface area contributed by atoms with Crippen LogP contribution in [-0.4, -0.2) is 77.2 Å². The minimum absolute atomic E-state index is 0.0601. The lowest BCUT2D eigenvalue weighted by molar-refractivity contribution is -0.143. The van der Waals surface area contributed by atoms with Gasteiger partial charge < -0.3 is 43.4 Å². The Balaban J connectivity index is 4.45. The van der Waals surface area contributed by atoms with E-state index in [1.807, 2.05) is 0 Å². The highest BCUT2D eigenvalue weighted by Gasteiger charge is 2.25. The number of aliphatic carboxylic acids is 1. The maximum Gasteiger partial charge on any atom is 0.328 e. The predicted molar refractivity (Wildman–Crippen MR) is 99.7 cm³/mol. The first-order valence-electron chi connectivity index (χ1n) is 8.55. The quantitative estimate of drug-likeness (QED) is 0.0897. The van der Waals surface area contributed by atoms with Gasteiger partial charge in [-0.2, -0.15) is 0 Å². The number of nitrogens with zero attached hydrogens (tertiary/aromatic N) is 1. The molecule has 0 bridgehead atoms. The van der Waals surface area contributed by atoms with Gasteiger partial charge in [-0.15, -0.1) is 0 Å². The molecule has 0 saturated carbocycles. The number of carbonyl (C=O) groups is 4. The molecule has 0 heterocycles. The Bertz CT molecular complexity index is 593. The zero-order valence-electron chi connectivity index (χ0n) is 15.8. The van der Waals surface area contributed by atoms with Crippen LogP contribution in [0.3, 0.4) is 0 Å². The molecule has 0 aliphatic carbocycles. The number of aliphatic imine (C=N–C) groups is 1. The Morgan fingerprint density at radius 3 is 1.93 bits per heavy atom. The lowest BCUT2D eigenvalue weighted by Crippen LogP contribution is -2.55. The Morgan fingerprint density at radius 1 is 0.964 bits per heavy atom. The van der Waals surface area contributed by atoms with E-state index in [1.165, 1.54) is 13.8 Å². The van der Waals surface area contributed by atoms with Crippen LogP contribution in [0.2, 0.25) is 0 Å². The molecule has 0 rings (SSSR count). The van der Waals surface area contributed by atoms with E-state index in [-0.39, 0.29) is 5.96 Å². The van der Waals surface area contributed by atoms with Crippen molar-refractivity contribution in [2.45, 2.75) is 50.9 Å². The molecular formula is C15H29N7O6. The van der Waals surface area contributed by atoms with Crippen LogP contribution in [0, 0.1) is 0 Å². The van der Waals surface area contributed by atoms with E-state index in [0.717, 1.165) is 0 Å². The smallest absolute Gasteiger partial charge is 0.328 e. The lowest BCUT2D eigenvalue weighted by Gasteiger charge is -2.21. The molecule has 0 fully saturated rings. The monoisotopic (exact) mass is 403 g/mol. The molecule has 28 heavy (non-hydrogen) atoms. The molecule has 0 radical (unpaired) electrons. The van der Waals surface area contributed by atoms with Gasteiger partial charge in [-0.25, -0.2) is 4.79 Å². The van der Waals surface area contributed by atoms with Crippen molar-refractivity contribution in [3.63, 3.8) is 0 Å². The van der Waals surface area contributed by atoms with Crippen LogP contribution < -0.4 is 33.2 Å². The second-order valence-corrected chi connectivity index (χ2v) is 6.10. The number of hydrogen-bond acceptors (Lipinski definition) is 7. The second-order valence-electron chi connectivity index (χ2n) is 6.10. The molecule has 160 valence electrons. The van der Waals surface area contributed by atoms with Gasteiger partial charge in [0.1, 0.15) is 18.1 Å². The number of rotatable bonds is 12. The topological polar surface area (TPSA) is 235 Å². The number of carboxylic acids is 1. The van der Waals surface area contributed by atoms with Crippen molar-refractivity contribution in [2.24, 2.45) is 22.2 Å². The zero-order chi connectivity index (χ0) is 21.9. The van der Waals surface area contributed by atoms with E-state index in [1.54, 1.807) is 0 Å². The number of amides is 3. The van der Waals surface area contributed by atoms with Gasteiger partial charge in [0.25, 0.3) is 0 Å². The molecule has 13 nitrogen and oxygen atoms in total. The van der Waals surface area contributed by atoms with Gasteiger partial charge in [-0.3, -0.25) is 19.4 Å². The van der Waals surface area contributed by atoms with Crippen molar-refractivity contribution < 1.29 is 29.4 Å². The van der Waals surface area contributed by atoms with E-state index in [9.17, 15) is 19.2 Å². The van der Waals surface area contributed by atoms with E-state index >= 15 is 0 Å². The Labute approximate surface area is 162 Å². The van der Waals surface area contributed by atoms with Gasteiger partial charge in [-0.1, -0.05) is 0 Å². The average Bonchev–Trinajstić information content (AvgIpc) is 2.61. The van der Waals surface area contributed by atoms with Gasteiger partial charge in [0, 0.05) is 6.54 Å². The fourth-order valence-corrected chi connectivity index (χ4v) is 1.92. The van der Waals surface area contributed by atoms with Crippen LogP contribution in [-0.2, 0) is 19.2 Å². The molecule has 0 aliphatic heterocycles. The third-order valence-electron chi connectivity index (χ3n) is 3.61. The maximum absolute atomic E-state index is 12.1. The standard InChI is InChI=1S/C15H29N7O6/c1-7(21-13(26)9(16)4-3-5-19-15(17)18)11(24)20-8(2)12(25)22-10(6-23)14(27)28/h7-10,23H,3-6,16H2,1-2H3,(H,20,24)(H,21,26)(H,22,25)(H,27,28)(H4,17,18,19). The van der Waals surface area contributed by atoms with Gasteiger partial charge in [0.05, 0.1) is 12.6 Å². The second kappa shape index (κ2) is 12.5. The first kappa shape index (κ1) is 25.1. The van der Waals surface area contributed by atoms with E-state index in [4.69, 9.17) is 27.4 Å². The van der Waals surface area contributed by atoms with Crippen LogP contribution in [0.25, 0.3) is 0 Å². The minimum atomic E-state index is -1.49. The molecular weight excluding hydrogens is 374 g/mol. The van der Waals surface area contributed by atoms with Crippen molar-refractivity contribution in [1.29, 1.82) is 0 Å². The summed E-state index contributed by atoms with van der Waals surface area (Å²) in [7, 11) is 0. The normalized spacial score (nSPS) is 14.7. The Hall–Kier alpha value is -2.93. The van der Waals surface area contributed by atoms with Crippen molar-refractivity contribution in [1.82, 2.24) is 16.0 Å². The number of hydrogen-bond donors (Lipinski definition) is 8. The highest BCUT2D eigenvalue weighted by atomic mass is 16.4. The highest BCUT2D eigenvalue weighted by molar-refractivity contribution is 5.93. The summed E-state index contributed by atoms with van der Waals surface area (Å²) < 4.78 is 0. The van der Waals surface area contributed by atoms with Crippen molar-refractivity contribution in [3.05, 3.63) is 0 Å². The summed E-state index contributed by atoms with van der Waals surface area (Å²) in [6, 6.07) is -4.43. The molecule has 0 saturated heterocycles. The minimum Gasteiger partial charge on any atom is -0.480 e. The predicted octanol–water partition coefficient (Wildman–Crippen LogP) is -4.06. The van der Waals surface area contributed by atoms with E-state index in [2.05, 4.69) is 20.9 Å². The van der Waals surface area contributed by atoms with Gasteiger partial charge in [0.2, 0.25) is 17.7 Å². The molecule has 0 spiro atoms. The number of nitrogens with one attached hydrogen (secondary N) is 3. The van der Waals surface area contributed by atoms with E-state index in [0.29, 0.717) is 19.4 Å². The summed E-state index contributed by atoms with van der Waals surface area (Å²) in [4.78, 5) is 50.5. The summed E-state index contributed by atoms with van der Waals surface area (Å²) in [5.74, 6) is -3.50. The first-order chi connectivity index (χ1) is 13.0. The molecule has 4 atom stereocenters. The van der Waals surface area contributed by atoms with Crippen LogP contribution in [0.5, 0.6) is 0 Å². The maximum atomic E-state index is 12.1. The molecule has 0 aromatic rings. The van der Waals surface area contributed by atoms with Crippen LogP contribution in [0.1, 0.15) is 26.7 Å². The van der Waals surface area contributed by atoms with Crippen molar-refractivity contribution >= 4 is 29.7 Å². The van der Waals surface area contributed by atoms with E-state index < -0.39 is 54.5 Å². The number of carboxylic acid groups (broad SMARTS) is 1. The molecule has 11 N–H and O–H groups in total. The first-order valence-corrected chi connectivity index (χ1v) is 8.55. The average molecular weight is 403 g/mol. The largest absolute Gasteiger partial charge is 0.480 e. The van der Waals surface area contributed by atoms with Crippen LogP contribution >= 0.6 is 0 Å². The van der Waals surface area contributed by atoms with Crippen molar-refractivity contribution in [3.8, 4) is 0 Å². The Kier molecular flexibility index (Phi) is 11.2. The number of aliphatic hydroxyl groups excluding tert-OH is 1. The van der Waals surface area contributed by atoms with Gasteiger partial charge in [-0.05, 0) is 26.7 Å². The molecule has 4 unspecified atom stereocenters. The summed E-state index contributed by atoms with van der Waals surface area (Å²) in [5, 5.41) is 24.5. The highest BCUT2D eigenvalue weighted by Crippen LogP contribution is 1.97. The number of aliphatic hydroxyl groups is 1. The number of carbonyl (C=O) groups excluding carboxylic acids is 3. The van der Waals surface area contributed by atoms with Crippen LogP contribution in [0.15, 0.2) is 4.99 Å². The van der Waals surface area contributed by atoms with Crippen molar-refractivity contribution in [2.75, 3.05) is 13.2 Å². The SMILES string of the molecule is CC(NC(=O)C(N)CCCN=C(N)N)C(=O)NC(C)C(=O)NC(CO)C(=O)O. The summed E-state index contributed by atoms with van der Waals surface area (Å²) in [6.07, 6.45) is 0.771.